The molecule has 4 amide bonds. The van der Waals surface area contributed by atoms with E-state index in [1.807, 2.05) is 116 Å². The molecule has 5 aromatic carbocycles. The summed E-state index contributed by atoms with van der Waals surface area (Å²) in [5.41, 5.74) is 5.77. The van der Waals surface area contributed by atoms with Crippen LogP contribution in [0.5, 0.6) is 5.75 Å². The van der Waals surface area contributed by atoms with Gasteiger partial charge in [-0.05, 0) is 95.6 Å². The first-order chi connectivity index (χ1) is 25.2. The molecular weight excluding hydrogens is 765 g/mol. The molecule has 9 heteroatoms. The van der Waals surface area contributed by atoms with Crippen molar-refractivity contribution in [3.8, 4) is 5.75 Å². The minimum absolute atomic E-state index is 0.0281. The van der Waals surface area contributed by atoms with Gasteiger partial charge in [-0.3, -0.25) is 29.5 Å². The van der Waals surface area contributed by atoms with Crippen LogP contribution in [0.1, 0.15) is 35.4 Å². The molecule has 2 N–H and O–H groups in total. The van der Waals surface area contributed by atoms with Crippen LogP contribution in [-0.2, 0) is 24.6 Å². The van der Waals surface area contributed by atoms with E-state index in [0.717, 1.165) is 25.1 Å². The molecular formula is C43H34IN3O5. The van der Waals surface area contributed by atoms with E-state index in [9.17, 15) is 19.5 Å². The Hall–Kier alpha value is -5.29. The van der Waals surface area contributed by atoms with Crippen molar-refractivity contribution in [3.63, 3.8) is 0 Å². The predicted octanol–water partition coefficient (Wildman–Crippen LogP) is 7.65. The third-order valence-corrected chi connectivity index (χ3v) is 12.4. The molecule has 2 aliphatic carbocycles. The Bertz CT molecular complexity index is 2340. The van der Waals surface area contributed by atoms with E-state index in [-0.39, 0.29) is 24.0 Å². The van der Waals surface area contributed by atoms with E-state index in [2.05, 4.69) is 28.0 Å². The van der Waals surface area contributed by atoms with Crippen LogP contribution in [0.15, 0.2) is 127 Å². The highest BCUT2D eigenvalue weighted by atomic mass is 127. The van der Waals surface area contributed by atoms with E-state index in [4.69, 9.17) is 0 Å². The molecule has 2 aliphatic heterocycles. The number of amides is 4. The lowest BCUT2D eigenvalue weighted by Crippen LogP contribution is -2.53. The molecule has 1 saturated carbocycles. The highest BCUT2D eigenvalue weighted by molar-refractivity contribution is 14.1. The average molecular weight is 800 g/mol. The lowest BCUT2D eigenvalue weighted by molar-refractivity contribution is -0.138. The molecule has 9 rings (SSSR count). The van der Waals surface area contributed by atoms with Crippen LogP contribution in [0, 0.1) is 34.2 Å². The van der Waals surface area contributed by atoms with Gasteiger partial charge in [0, 0.05) is 20.4 Å². The van der Waals surface area contributed by atoms with Gasteiger partial charge in [-0.1, -0.05) is 96.1 Å². The van der Waals surface area contributed by atoms with Crippen molar-refractivity contribution < 1.29 is 24.3 Å². The fourth-order valence-electron chi connectivity index (χ4n) is 9.44. The number of imide groups is 2. The zero-order chi connectivity index (χ0) is 35.9. The molecule has 258 valence electrons. The van der Waals surface area contributed by atoms with Crippen LogP contribution in [0.3, 0.4) is 0 Å². The highest BCUT2D eigenvalue weighted by Crippen LogP contribution is 2.65. The Kier molecular flexibility index (Phi) is 7.62. The first kappa shape index (κ1) is 32.6. The number of hydrogen-bond donors (Lipinski definition) is 2. The Labute approximate surface area is 314 Å². The first-order valence-electron chi connectivity index (χ1n) is 17.5. The van der Waals surface area contributed by atoms with Crippen molar-refractivity contribution in [1.82, 2.24) is 5.01 Å². The summed E-state index contributed by atoms with van der Waals surface area (Å²) in [5, 5.41) is 14.8. The number of carbonyl (C=O) groups excluding carboxylic acids is 4. The van der Waals surface area contributed by atoms with Crippen molar-refractivity contribution in [1.29, 1.82) is 0 Å². The van der Waals surface area contributed by atoms with E-state index in [1.165, 1.54) is 4.90 Å². The normalized spacial score (nSPS) is 26.7. The van der Waals surface area contributed by atoms with Crippen LogP contribution >= 0.6 is 22.6 Å². The predicted molar refractivity (Wildman–Crippen MR) is 206 cm³/mol. The molecule has 3 fully saturated rings. The second-order valence-corrected chi connectivity index (χ2v) is 15.6. The minimum atomic E-state index is -1.47. The van der Waals surface area contributed by atoms with Gasteiger partial charge in [-0.25, -0.2) is 0 Å². The highest BCUT2D eigenvalue weighted by Gasteiger charge is 2.70. The minimum Gasteiger partial charge on any atom is -0.507 e. The number of nitrogens with one attached hydrogen (secondary N) is 1. The van der Waals surface area contributed by atoms with E-state index in [0.29, 0.717) is 34.3 Å². The number of carbonyl (C=O) groups is 4. The standard InChI is InChI=1S/C43H34IN3O5/c1-24-11-16-28(17-12-24)45-47-40(50)35-23-34-31(21-22-32-36(34)41(51)46(39(32)49)29-18-14-27(44)15-19-29)37(43(35,42(47)52)26-8-3-2-4-9-26)33-20-13-25-7-5-6-10-30(25)38(33)48/h2-21,32,34-37,45,48H,22-23H2,1H3. The van der Waals surface area contributed by atoms with E-state index in [1.54, 1.807) is 12.1 Å². The smallest absolute Gasteiger partial charge is 0.260 e. The number of anilines is 2. The summed E-state index contributed by atoms with van der Waals surface area (Å²) in [6.07, 6.45) is 2.50. The summed E-state index contributed by atoms with van der Waals surface area (Å²) < 4.78 is 0.984. The number of rotatable bonds is 5. The number of hydrogen-bond acceptors (Lipinski definition) is 6. The number of phenols is 1. The molecule has 8 nitrogen and oxygen atoms in total. The molecule has 5 aromatic rings. The van der Waals surface area contributed by atoms with Crippen LogP contribution in [0.2, 0.25) is 0 Å². The largest absolute Gasteiger partial charge is 0.507 e. The second-order valence-electron chi connectivity index (χ2n) is 14.3. The molecule has 2 heterocycles. The topological polar surface area (TPSA) is 107 Å². The summed E-state index contributed by atoms with van der Waals surface area (Å²) in [4.78, 5) is 60.2. The maximum atomic E-state index is 15.4. The Morgan fingerprint density at radius 2 is 1.48 bits per heavy atom. The van der Waals surface area contributed by atoms with Crippen LogP contribution in [0.4, 0.5) is 11.4 Å². The van der Waals surface area contributed by atoms with Crippen LogP contribution < -0.4 is 10.3 Å². The SMILES string of the molecule is Cc1ccc(NN2C(=O)C3CC4C(=CCC5C(=O)N(c6ccc(I)cc6)C(=O)C54)C(c4ccc5ccccc5c4O)C3(c3ccccc3)C2=O)cc1. The number of hydrazine groups is 1. The number of fused-ring (bicyclic) bond motifs is 5. The van der Waals surface area contributed by atoms with Crippen molar-refractivity contribution in [2.75, 3.05) is 10.3 Å². The van der Waals surface area contributed by atoms with Gasteiger partial charge in [0.2, 0.25) is 11.8 Å². The van der Waals surface area contributed by atoms with Gasteiger partial charge in [0.25, 0.3) is 11.8 Å². The molecule has 0 bridgehead atoms. The quantitative estimate of drug-likeness (QED) is 0.108. The summed E-state index contributed by atoms with van der Waals surface area (Å²) in [6.45, 7) is 1.97. The van der Waals surface area contributed by atoms with Crippen molar-refractivity contribution in [2.24, 2.45) is 23.7 Å². The van der Waals surface area contributed by atoms with Crippen molar-refractivity contribution in [3.05, 3.63) is 147 Å². The van der Waals surface area contributed by atoms with Gasteiger partial charge < -0.3 is 5.11 Å². The average Bonchev–Trinajstić information content (AvgIpc) is 3.54. The third kappa shape index (κ3) is 4.64. The van der Waals surface area contributed by atoms with Crippen LogP contribution in [-0.4, -0.2) is 33.7 Å². The van der Waals surface area contributed by atoms with E-state index >= 15 is 4.79 Å². The Morgan fingerprint density at radius 3 is 2.23 bits per heavy atom. The van der Waals surface area contributed by atoms with Gasteiger partial charge in [0.05, 0.1) is 34.5 Å². The summed E-state index contributed by atoms with van der Waals surface area (Å²) in [7, 11) is 0. The fraction of sp³-hybridized carbons (Fsp3) is 0.209. The summed E-state index contributed by atoms with van der Waals surface area (Å²) in [5.74, 6) is -4.96. The lowest BCUT2D eigenvalue weighted by atomic mass is 9.49. The number of halogens is 1. The Morgan fingerprint density at radius 1 is 0.769 bits per heavy atom. The lowest BCUT2D eigenvalue weighted by Gasteiger charge is -2.50. The zero-order valence-electron chi connectivity index (χ0n) is 28.2. The summed E-state index contributed by atoms with van der Waals surface area (Å²) >= 11 is 2.19. The Balaban J connectivity index is 1.26. The molecule has 0 spiro atoms. The first-order valence-corrected chi connectivity index (χ1v) is 18.6. The number of benzene rings is 5. The fourth-order valence-corrected chi connectivity index (χ4v) is 9.80. The zero-order valence-corrected chi connectivity index (χ0v) is 30.4. The monoisotopic (exact) mass is 799 g/mol. The molecule has 0 aromatic heterocycles. The van der Waals surface area contributed by atoms with Gasteiger partial charge in [0.15, 0.2) is 0 Å². The molecule has 52 heavy (non-hydrogen) atoms. The number of phenolic OH excluding ortho intramolecular Hbond substituents is 1. The molecule has 2 saturated heterocycles. The maximum Gasteiger partial charge on any atom is 0.260 e. The number of aryl methyl sites for hydroxylation is 1. The van der Waals surface area contributed by atoms with Gasteiger partial charge in [0.1, 0.15) is 5.75 Å². The van der Waals surface area contributed by atoms with Gasteiger partial charge >= 0.3 is 0 Å². The van der Waals surface area contributed by atoms with Crippen molar-refractivity contribution >= 4 is 68.4 Å². The number of nitrogens with zero attached hydrogens (tertiary/aromatic N) is 2. The molecule has 6 atom stereocenters. The molecule has 4 aliphatic rings. The van der Waals surface area contributed by atoms with Crippen LogP contribution in [0.25, 0.3) is 10.8 Å². The number of allylic oxidation sites excluding steroid dienone is 2. The van der Waals surface area contributed by atoms with Gasteiger partial charge in [-0.15, -0.1) is 0 Å². The van der Waals surface area contributed by atoms with Crippen molar-refractivity contribution in [2.45, 2.75) is 31.1 Å². The molecule has 0 radical (unpaired) electrons. The van der Waals surface area contributed by atoms with Gasteiger partial charge in [-0.2, -0.15) is 5.01 Å². The molecule has 6 unspecified atom stereocenters. The maximum absolute atomic E-state index is 15.4. The van der Waals surface area contributed by atoms with E-state index < -0.39 is 46.8 Å². The summed E-state index contributed by atoms with van der Waals surface area (Å²) in [6, 6.07) is 35.5. The number of aromatic hydroxyl groups is 1. The second kappa shape index (κ2) is 12.2. The third-order valence-electron chi connectivity index (χ3n) is 11.7.